The summed E-state index contributed by atoms with van der Waals surface area (Å²) in [7, 11) is 1.53. The van der Waals surface area contributed by atoms with E-state index in [0.717, 1.165) is 17.4 Å². The largest absolute Gasteiger partial charge is 0.490 e. The van der Waals surface area contributed by atoms with Crippen molar-refractivity contribution in [1.29, 1.82) is 0 Å². The van der Waals surface area contributed by atoms with Gasteiger partial charge in [0.15, 0.2) is 11.3 Å². The predicted molar refractivity (Wildman–Crippen MR) is 96.9 cm³/mol. The van der Waals surface area contributed by atoms with Crippen LogP contribution in [0.1, 0.15) is 20.3 Å². The summed E-state index contributed by atoms with van der Waals surface area (Å²) >= 11 is 0. The summed E-state index contributed by atoms with van der Waals surface area (Å²) in [5, 5.41) is 0.787. The molecule has 0 aliphatic heterocycles. The van der Waals surface area contributed by atoms with Crippen molar-refractivity contribution < 1.29 is 13.9 Å². The van der Waals surface area contributed by atoms with Gasteiger partial charge in [-0.15, -0.1) is 0 Å². The van der Waals surface area contributed by atoms with Gasteiger partial charge in [-0.2, -0.15) is 0 Å². The van der Waals surface area contributed by atoms with Crippen LogP contribution < -0.4 is 15.1 Å². The lowest BCUT2D eigenvalue weighted by Crippen LogP contribution is -2.00. The molecule has 0 atom stereocenters. The van der Waals surface area contributed by atoms with Gasteiger partial charge < -0.3 is 13.9 Å². The molecule has 1 heterocycles. The van der Waals surface area contributed by atoms with Crippen molar-refractivity contribution in [3.63, 3.8) is 0 Å². The average molecular weight is 326 g/mol. The summed E-state index contributed by atoms with van der Waals surface area (Å²) in [5.41, 5.74) is 2.20. The van der Waals surface area contributed by atoms with Crippen molar-refractivity contribution in [3.05, 3.63) is 70.6 Å². The third kappa shape index (κ3) is 4.62. The van der Waals surface area contributed by atoms with Gasteiger partial charge in [0.1, 0.15) is 6.61 Å². The van der Waals surface area contributed by atoms with E-state index < -0.39 is 5.63 Å². The number of methoxy groups -OCH3 is 1. The van der Waals surface area contributed by atoms with Crippen molar-refractivity contribution in [2.75, 3.05) is 13.7 Å². The fourth-order valence-corrected chi connectivity index (χ4v) is 2.20. The van der Waals surface area contributed by atoms with Gasteiger partial charge in [0, 0.05) is 11.5 Å². The van der Waals surface area contributed by atoms with Crippen LogP contribution in [0.4, 0.5) is 0 Å². The minimum absolute atomic E-state index is 0.396. The first-order valence-electron chi connectivity index (χ1n) is 7.72. The molecule has 2 aromatic rings. The Morgan fingerprint density at radius 1 is 1.25 bits per heavy atom. The molecule has 0 spiro atoms. The Balaban J connectivity index is 2.12. The molecule has 0 fully saturated rings. The van der Waals surface area contributed by atoms with Gasteiger partial charge >= 0.3 is 5.63 Å². The van der Waals surface area contributed by atoms with Crippen LogP contribution in [0.25, 0.3) is 11.0 Å². The van der Waals surface area contributed by atoms with Gasteiger partial charge in [0.2, 0.25) is 5.75 Å². The molecule has 126 valence electrons. The Morgan fingerprint density at radius 2 is 2.00 bits per heavy atom. The van der Waals surface area contributed by atoms with Gasteiger partial charge in [-0.05, 0) is 44.5 Å². The van der Waals surface area contributed by atoms with Crippen LogP contribution in [-0.2, 0) is 0 Å². The highest BCUT2D eigenvalue weighted by Gasteiger charge is 2.12. The molecule has 24 heavy (non-hydrogen) atoms. The minimum Gasteiger partial charge on any atom is -0.490 e. The van der Waals surface area contributed by atoms with Gasteiger partial charge in [0.05, 0.1) is 7.11 Å². The molecule has 0 unspecified atom stereocenters. The monoisotopic (exact) mass is 326 g/mol. The summed E-state index contributed by atoms with van der Waals surface area (Å²) in [6.07, 6.45) is 6.92. The number of rotatable bonds is 7. The van der Waals surface area contributed by atoms with Crippen LogP contribution in [0, 0.1) is 0 Å². The van der Waals surface area contributed by atoms with E-state index in [2.05, 4.69) is 12.7 Å². The number of hydrogen-bond donors (Lipinski definition) is 0. The van der Waals surface area contributed by atoms with Crippen molar-refractivity contribution in [2.24, 2.45) is 0 Å². The van der Waals surface area contributed by atoms with E-state index in [9.17, 15) is 4.79 Å². The van der Waals surface area contributed by atoms with Gasteiger partial charge in [-0.1, -0.05) is 29.9 Å². The van der Waals surface area contributed by atoms with Crippen LogP contribution in [0.5, 0.6) is 11.5 Å². The van der Waals surface area contributed by atoms with Gasteiger partial charge in [-0.3, -0.25) is 0 Å². The molecule has 1 aromatic carbocycles. The zero-order chi connectivity index (χ0) is 17.5. The third-order valence-corrected chi connectivity index (χ3v) is 3.43. The first kappa shape index (κ1) is 17.6. The van der Waals surface area contributed by atoms with Gasteiger partial charge in [-0.25, -0.2) is 4.79 Å². The molecule has 2 rings (SSSR count). The molecule has 0 saturated heterocycles. The molecule has 0 radical (unpaired) electrons. The molecule has 4 nitrogen and oxygen atoms in total. The van der Waals surface area contributed by atoms with Crippen LogP contribution in [0.15, 0.2) is 69.4 Å². The summed E-state index contributed by atoms with van der Waals surface area (Å²) < 4.78 is 16.4. The topological polar surface area (TPSA) is 48.7 Å². The zero-order valence-electron chi connectivity index (χ0n) is 14.3. The molecule has 0 aliphatic rings. The SMILES string of the molecule is C=C(C)/C=C/C/C(C)=C/COc1ccc2ccc(=O)oc2c1OC. The lowest BCUT2D eigenvalue weighted by molar-refractivity contribution is 0.324. The lowest BCUT2D eigenvalue weighted by Gasteiger charge is -2.11. The Hall–Kier alpha value is -2.75. The van der Waals surface area contributed by atoms with Crippen molar-refractivity contribution in [1.82, 2.24) is 0 Å². The standard InChI is InChI=1S/C20H22O4/c1-14(2)6-5-7-15(3)12-13-23-17-10-8-16-9-11-18(21)24-19(16)20(17)22-4/h5-6,8-12H,1,7,13H2,2-4H3/b6-5+,15-12+. The Kier molecular flexibility index (Phi) is 6.01. The maximum Gasteiger partial charge on any atom is 0.336 e. The molecule has 0 bridgehead atoms. The number of ether oxygens (including phenoxy) is 2. The number of hydrogen-bond acceptors (Lipinski definition) is 4. The summed E-state index contributed by atoms with van der Waals surface area (Å²) in [5.74, 6) is 0.972. The van der Waals surface area contributed by atoms with Crippen LogP contribution in [-0.4, -0.2) is 13.7 Å². The first-order valence-corrected chi connectivity index (χ1v) is 7.72. The van der Waals surface area contributed by atoms with Crippen LogP contribution in [0.3, 0.4) is 0 Å². The Labute approximate surface area is 141 Å². The zero-order valence-corrected chi connectivity index (χ0v) is 14.3. The van der Waals surface area contributed by atoms with Crippen LogP contribution >= 0.6 is 0 Å². The molecule has 0 aliphatic carbocycles. The second-order valence-corrected chi connectivity index (χ2v) is 5.58. The summed E-state index contributed by atoms with van der Waals surface area (Å²) in [4.78, 5) is 11.4. The second-order valence-electron chi connectivity index (χ2n) is 5.58. The quantitative estimate of drug-likeness (QED) is 0.422. The maximum atomic E-state index is 11.4. The Bertz CT molecular complexity index is 840. The normalized spacial score (nSPS) is 11.9. The fraction of sp³-hybridized carbons (Fsp3) is 0.250. The molecule has 4 heteroatoms. The van der Waals surface area contributed by atoms with E-state index >= 15 is 0 Å². The molecular formula is C20H22O4. The predicted octanol–water partition coefficient (Wildman–Crippen LogP) is 4.65. The molecule has 1 aromatic heterocycles. The van der Waals surface area contributed by atoms with E-state index in [4.69, 9.17) is 13.9 Å². The highest BCUT2D eigenvalue weighted by Crippen LogP contribution is 2.34. The van der Waals surface area contributed by atoms with Gasteiger partial charge in [0.25, 0.3) is 0 Å². The highest BCUT2D eigenvalue weighted by atomic mass is 16.5. The smallest absolute Gasteiger partial charge is 0.336 e. The van der Waals surface area contributed by atoms with E-state index in [1.165, 1.54) is 18.7 Å². The molecule has 0 amide bonds. The molecular weight excluding hydrogens is 304 g/mol. The number of allylic oxidation sites excluding steroid dienone is 4. The van der Waals surface area contributed by atoms with Crippen molar-refractivity contribution in [2.45, 2.75) is 20.3 Å². The number of fused-ring (bicyclic) bond motifs is 1. The summed E-state index contributed by atoms with van der Waals surface area (Å²) in [6, 6.07) is 6.73. The first-order chi connectivity index (χ1) is 11.5. The van der Waals surface area contributed by atoms with Crippen molar-refractivity contribution in [3.8, 4) is 11.5 Å². The second kappa shape index (κ2) is 8.20. The average Bonchev–Trinajstić information content (AvgIpc) is 2.54. The number of benzene rings is 1. The summed E-state index contributed by atoms with van der Waals surface area (Å²) in [6.45, 7) is 8.24. The molecule has 0 saturated carbocycles. The minimum atomic E-state index is -0.419. The van der Waals surface area contributed by atoms with Crippen molar-refractivity contribution >= 4 is 11.0 Å². The molecule has 0 N–H and O–H groups in total. The lowest BCUT2D eigenvalue weighted by atomic mass is 10.2. The van der Waals surface area contributed by atoms with E-state index in [0.29, 0.717) is 23.7 Å². The fourth-order valence-electron chi connectivity index (χ4n) is 2.20. The van der Waals surface area contributed by atoms with Crippen LogP contribution in [0.2, 0.25) is 0 Å². The highest BCUT2D eigenvalue weighted by molar-refractivity contribution is 5.85. The van der Waals surface area contributed by atoms with E-state index in [-0.39, 0.29) is 0 Å². The Morgan fingerprint density at radius 3 is 2.71 bits per heavy atom. The third-order valence-electron chi connectivity index (χ3n) is 3.43. The maximum absolute atomic E-state index is 11.4. The van der Waals surface area contributed by atoms with E-state index in [1.54, 1.807) is 6.07 Å². The van der Waals surface area contributed by atoms with E-state index in [1.807, 2.05) is 38.1 Å².